The fourth-order valence-electron chi connectivity index (χ4n) is 3.95. The van der Waals surface area contributed by atoms with Gasteiger partial charge in [0.25, 0.3) is 5.91 Å². The molecule has 0 spiro atoms. The molecule has 0 atom stereocenters. The Morgan fingerprint density at radius 1 is 1.03 bits per heavy atom. The van der Waals surface area contributed by atoms with Crippen LogP contribution in [0.5, 0.6) is 5.75 Å². The van der Waals surface area contributed by atoms with Crippen LogP contribution in [0.3, 0.4) is 0 Å². The van der Waals surface area contributed by atoms with Gasteiger partial charge in [0, 0.05) is 27.4 Å². The van der Waals surface area contributed by atoms with Gasteiger partial charge in [0.1, 0.15) is 18.2 Å². The predicted molar refractivity (Wildman–Crippen MR) is 125 cm³/mol. The van der Waals surface area contributed by atoms with Crippen LogP contribution in [0.25, 0.3) is 10.8 Å². The topological polar surface area (TPSA) is 95.9 Å². The van der Waals surface area contributed by atoms with E-state index in [-0.39, 0.29) is 35.4 Å². The molecule has 1 saturated carbocycles. The van der Waals surface area contributed by atoms with Crippen molar-refractivity contribution in [3.05, 3.63) is 76.1 Å². The number of hydrogen-bond donors (Lipinski definition) is 3. The number of amides is 1. The van der Waals surface area contributed by atoms with Gasteiger partial charge in [0.2, 0.25) is 0 Å². The molecule has 0 aliphatic heterocycles. The van der Waals surface area contributed by atoms with Crippen LogP contribution in [-0.4, -0.2) is 28.3 Å². The van der Waals surface area contributed by atoms with Crippen LogP contribution in [0.15, 0.2) is 48.5 Å². The largest absolute Gasteiger partial charge is 0.503 e. The lowest BCUT2D eigenvalue weighted by atomic mass is 10.0. The molecule has 0 saturated heterocycles. The molecule has 6 nitrogen and oxygen atoms in total. The first-order valence-corrected chi connectivity index (χ1v) is 11.3. The highest BCUT2D eigenvalue weighted by Crippen LogP contribution is 2.37. The van der Waals surface area contributed by atoms with E-state index in [2.05, 4.69) is 5.32 Å². The minimum Gasteiger partial charge on any atom is -0.487 e. The molecule has 0 unspecified atom stereocenters. The van der Waals surface area contributed by atoms with Gasteiger partial charge < -0.3 is 20.3 Å². The number of carboxylic acid groups (broad SMARTS) is 2. The van der Waals surface area contributed by atoms with Gasteiger partial charge in [0.15, 0.2) is 0 Å². The van der Waals surface area contributed by atoms with Gasteiger partial charge in [-0.15, -0.1) is 0 Å². The molecule has 192 valence electrons. The summed E-state index contributed by atoms with van der Waals surface area (Å²) in [7, 11) is 0. The van der Waals surface area contributed by atoms with Crippen molar-refractivity contribution in [2.24, 2.45) is 0 Å². The van der Waals surface area contributed by atoms with Crippen LogP contribution in [0.2, 0.25) is 5.02 Å². The second kappa shape index (κ2) is 11.5. The Labute approximate surface area is 208 Å². The lowest BCUT2D eigenvalue weighted by molar-refractivity contribution is -0.137. The van der Waals surface area contributed by atoms with Crippen LogP contribution in [0, 0.1) is 5.82 Å². The first-order valence-electron chi connectivity index (χ1n) is 10.9. The van der Waals surface area contributed by atoms with E-state index in [1.807, 2.05) is 0 Å². The van der Waals surface area contributed by atoms with Crippen LogP contribution < -0.4 is 10.1 Å². The van der Waals surface area contributed by atoms with Crippen molar-refractivity contribution >= 4 is 34.4 Å². The zero-order valence-corrected chi connectivity index (χ0v) is 19.5. The zero-order chi connectivity index (χ0) is 26.5. The average molecular weight is 528 g/mol. The number of carbonyl (C=O) groups is 2. The second-order valence-electron chi connectivity index (χ2n) is 8.11. The zero-order valence-electron chi connectivity index (χ0n) is 18.7. The highest BCUT2D eigenvalue weighted by atomic mass is 35.5. The normalized spacial score (nSPS) is 13.7. The Hall–Kier alpha value is -3.53. The summed E-state index contributed by atoms with van der Waals surface area (Å²) in [6, 6.07) is 10.9. The van der Waals surface area contributed by atoms with E-state index in [4.69, 9.17) is 31.3 Å². The molecule has 1 amide bonds. The number of ether oxygens (including phenoxy) is 1. The molecular formula is C25H22ClF4NO5. The third-order valence-electron chi connectivity index (χ3n) is 5.63. The Morgan fingerprint density at radius 2 is 1.64 bits per heavy atom. The first-order chi connectivity index (χ1) is 17.0. The van der Waals surface area contributed by atoms with Crippen molar-refractivity contribution in [3.63, 3.8) is 0 Å². The quantitative estimate of drug-likeness (QED) is 0.307. The van der Waals surface area contributed by atoms with E-state index >= 15 is 0 Å². The lowest BCUT2D eigenvalue weighted by Gasteiger charge is -2.18. The molecule has 0 radical (unpaired) electrons. The number of carbonyl (C=O) groups excluding carboxylic acids is 1. The number of benzene rings is 3. The highest BCUT2D eigenvalue weighted by molar-refractivity contribution is 6.36. The molecule has 3 aromatic carbocycles. The Balaban J connectivity index is 0.000000840. The van der Waals surface area contributed by atoms with Crippen molar-refractivity contribution in [1.29, 1.82) is 0 Å². The summed E-state index contributed by atoms with van der Waals surface area (Å²) in [6.45, 7) is -0.348. The van der Waals surface area contributed by atoms with Crippen LogP contribution in [0.4, 0.5) is 22.4 Å². The Bertz CT molecular complexity index is 1260. The highest BCUT2D eigenvalue weighted by Gasteiger charge is 2.31. The van der Waals surface area contributed by atoms with E-state index in [0.29, 0.717) is 21.9 Å². The maximum atomic E-state index is 14.3. The third kappa shape index (κ3) is 6.78. The summed E-state index contributed by atoms with van der Waals surface area (Å²) in [5, 5.41) is 18.5. The number of fused-ring (bicyclic) bond motifs is 1. The van der Waals surface area contributed by atoms with E-state index in [9.17, 15) is 22.4 Å². The van der Waals surface area contributed by atoms with Crippen molar-refractivity contribution in [2.75, 3.05) is 0 Å². The molecule has 3 aromatic rings. The van der Waals surface area contributed by atoms with E-state index in [1.165, 1.54) is 6.07 Å². The number of hydrogen-bond acceptors (Lipinski definition) is 3. The average Bonchev–Trinajstić information content (AvgIpc) is 3.31. The maximum Gasteiger partial charge on any atom is 0.503 e. The van der Waals surface area contributed by atoms with Crippen LogP contribution in [-0.2, 0) is 12.8 Å². The summed E-state index contributed by atoms with van der Waals surface area (Å²) in [6.07, 6.45) is -2.61. The molecule has 4 rings (SSSR count). The van der Waals surface area contributed by atoms with Gasteiger partial charge in [-0.3, -0.25) is 4.79 Å². The lowest BCUT2D eigenvalue weighted by Crippen LogP contribution is -2.32. The predicted octanol–water partition coefficient (Wildman–Crippen LogP) is 7.12. The second-order valence-corrected chi connectivity index (χ2v) is 8.52. The van der Waals surface area contributed by atoms with Gasteiger partial charge in [0.05, 0.1) is 11.1 Å². The molecule has 0 aromatic heterocycles. The fraction of sp³-hybridized carbons (Fsp3) is 0.280. The van der Waals surface area contributed by atoms with Gasteiger partial charge in [-0.2, -0.15) is 13.2 Å². The fourth-order valence-corrected chi connectivity index (χ4v) is 4.23. The number of alkyl halides is 3. The molecule has 0 heterocycles. The smallest absolute Gasteiger partial charge is 0.487 e. The van der Waals surface area contributed by atoms with Crippen LogP contribution in [0.1, 0.15) is 47.2 Å². The Morgan fingerprint density at radius 3 is 2.22 bits per heavy atom. The molecular weight excluding hydrogens is 506 g/mol. The monoisotopic (exact) mass is 527 g/mol. The summed E-state index contributed by atoms with van der Waals surface area (Å²) in [5.74, 6) is -1.18. The van der Waals surface area contributed by atoms with Crippen molar-refractivity contribution in [2.45, 2.75) is 44.5 Å². The molecule has 11 heteroatoms. The number of rotatable bonds is 5. The Kier molecular flexibility index (Phi) is 8.62. The molecule has 36 heavy (non-hydrogen) atoms. The summed E-state index contributed by atoms with van der Waals surface area (Å²) in [4.78, 5) is 21.6. The SMILES string of the molecule is O=C(NC1CCCC1)c1cc(Cl)c2ccccc2c1OCc1ccc(C(F)(F)F)cc1F.O=C(O)O. The van der Waals surface area contributed by atoms with Gasteiger partial charge in [-0.25, -0.2) is 9.18 Å². The van der Waals surface area contributed by atoms with Gasteiger partial charge in [-0.1, -0.05) is 54.8 Å². The first kappa shape index (κ1) is 27.1. The van der Waals surface area contributed by atoms with Crippen molar-refractivity contribution in [3.8, 4) is 5.75 Å². The molecule has 0 bridgehead atoms. The van der Waals surface area contributed by atoms with Crippen LogP contribution >= 0.6 is 11.6 Å². The van der Waals surface area contributed by atoms with Gasteiger partial charge in [-0.05, 0) is 31.0 Å². The van der Waals surface area contributed by atoms with Crippen molar-refractivity contribution in [1.82, 2.24) is 5.32 Å². The molecule has 1 aliphatic carbocycles. The minimum atomic E-state index is -4.64. The number of halogens is 5. The standard InChI is InChI=1S/C24H20ClF4NO2.CH2O3/c25-20-12-19(23(31)30-16-5-1-2-6-16)22(18-8-4-3-7-17(18)20)32-13-14-9-10-15(11-21(14)26)24(27,28)29;2-1(3)4/h3-4,7-12,16H,1-2,5-6,13H2,(H,30,31);(H2,2,3,4). The molecule has 1 aliphatic rings. The summed E-state index contributed by atoms with van der Waals surface area (Å²) >= 11 is 6.40. The van der Waals surface area contributed by atoms with E-state index in [1.54, 1.807) is 24.3 Å². The minimum absolute atomic E-state index is 0.0563. The van der Waals surface area contributed by atoms with E-state index < -0.39 is 23.7 Å². The van der Waals surface area contributed by atoms with Crippen molar-refractivity contribution < 1.29 is 42.1 Å². The molecule has 3 N–H and O–H groups in total. The van der Waals surface area contributed by atoms with Gasteiger partial charge >= 0.3 is 12.3 Å². The maximum absolute atomic E-state index is 14.3. The number of nitrogens with one attached hydrogen (secondary N) is 1. The third-order valence-corrected chi connectivity index (χ3v) is 5.94. The summed E-state index contributed by atoms with van der Waals surface area (Å²) in [5.41, 5.74) is -0.931. The summed E-state index contributed by atoms with van der Waals surface area (Å²) < 4.78 is 58.6. The van der Waals surface area contributed by atoms with E-state index in [0.717, 1.165) is 37.8 Å². The molecule has 1 fully saturated rings.